The van der Waals surface area contributed by atoms with Crippen molar-refractivity contribution in [1.82, 2.24) is 4.90 Å². The van der Waals surface area contributed by atoms with E-state index < -0.39 is 38.6 Å². The van der Waals surface area contributed by atoms with E-state index in [4.69, 9.17) is 16.3 Å². The van der Waals surface area contributed by atoms with Crippen molar-refractivity contribution in [2.75, 3.05) is 44.2 Å². The van der Waals surface area contributed by atoms with Crippen LogP contribution in [0.25, 0.3) is 0 Å². The summed E-state index contributed by atoms with van der Waals surface area (Å²) < 4.78 is 44.9. The zero-order valence-electron chi connectivity index (χ0n) is 16.5. The topological polar surface area (TPSA) is 102 Å². The highest BCUT2D eigenvalue weighted by Crippen LogP contribution is 2.43. The minimum Gasteiger partial charge on any atom is -0.491 e. The molecule has 2 aromatic carbocycles. The smallest absolute Gasteiger partial charge is 0.416 e. The fraction of sp³-hybridized carbons (Fsp3) is 0.368. The first-order chi connectivity index (χ1) is 15.1. The van der Waals surface area contributed by atoms with E-state index in [0.29, 0.717) is 49.1 Å². The number of nitro groups is 2. The number of anilines is 1. The molecule has 0 radical (unpaired) electrons. The van der Waals surface area contributed by atoms with Crippen LogP contribution < -0.4 is 9.64 Å². The van der Waals surface area contributed by atoms with Gasteiger partial charge in [0, 0.05) is 44.9 Å². The summed E-state index contributed by atoms with van der Waals surface area (Å²) in [6, 6.07) is 7.65. The quantitative estimate of drug-likeness (QED) is 0.433. The molecule has 1 saturated heterocycles. The van der Waals surface area contributed by atoms with Gasteiger partial charge in [0.25, 0.3) is 11.4 Å². The second kappa shape index (κ2) is 9.57. The highest BCUT2D eigenvalue weighted by Gasteiger charge is 2.39. The van der Waals surface area contributed by atoms with Crippen molar-refractivity contribution in [3.63, 3.8) is 0 Å². The molecule has 2 aromatic rings. The maximum absolute atomic E-state index is 13.1. The molecule has 0 amide bonds. The van der Waals surface area contributed by atoms with E-state index in [2.05, 4.69) is 0 Å². The summed E-state index contributed by atoms with van der Waals surface area (Å²) in [4.78, 5) is 24.2. The summed E-state index contributed by atoms with van der Waals surface area (Å²) in [7, 11) is 0. The van der Waals surface area contributed by atoms with Gasteiger partial charge in [-0.25, -0.2) is 0 Å². The van der Waals surface area contributed by atoms with Gasteiger partial charge in [-0.15, -0.1) is 0 Å². The van der Waals surface area contributed by atoms with Crippen LogP contribution in [-0.2, 0) is 6.18 Å². The van der Waals surface area contributed by atoms with Crippen LogP contribution in [0.15, 0.2) is 36.4 Å². The van der Waals surface area contributed by atoms with E-state index in [-0.39, 0.29) is 13.1 Å². The maximum atomic E-state index is 13.1. The van der Waals surface area contributed by atoms with Gasteiger partial charge in [0.05, 0.1) is 20.4 Å². The number of nitrogens with zero attached hydrogens (tertiary/aromatic N) is 4. The summed E-state index contributed by atoms with van der Waals surface area (Å²) >= 11 is 6.03. The lowest BCUT2D eigenvalue weighted by Crippen LogP contribution is -2.47. The van der Waals surface area contributed by atoms with Gasteiger partial charge in [0.2, 0.25) is 0 Å². The van der Waals surface area contributed by atoms with Crippen LogP contribution in [-0.4, -0.2) is 54.1 Å². The average molecular weight is 475 g/mol. The van der Waals surface area contributed by atoms with Gasteiger partial charge >= 0.3 is 6.18 Å². The Morgan fingerprint density at radius 3 is 2.06 bits per heavy atom. The Morgan fingerprint density at radius 2 is 1.56 bits per heavy atom. The van der Waals surface area contributed by atoms with Gasteiger partial charge in [-0.3, -0.25) is 25.1 Å². The molecule has 0 aromatic heterocycles. The zero-order chi connectivity index (χ0) is 23.5. The highest BCUT2D eigenvalue weighted by molar-refractivity contribution is 6.32. The second-order valence-electron chi connectivity index (χ2n) is 6.98. The molecule has 0 atom stereocenters. The number of piperazine rings is 1. The van der Waals surface area contributed by atoms with Crippen LogP contribution in [0.1, 0.15) is 5.56 Å². The monoisotopic (exact) mass is 474 g/mol. The van der Waals surface area contributed by atoms with Crippen LogP contribution in [0.2, 0.25) is 5.02 Å². The SMILES string of the molecule is O=[N+]([O-])c1cc(C(F)(F)F)cc([N+](=O)[O-])c1N1CCN(CCOc2ccccc2Cl)CC1. The van der Waals surface area contributed by atoms with Gasteiger partial charge in [0.15, 0.2) is 5.69 Å². The highest BCUT2D eigenvalue weighted by atomic mass is 35.5. The third-order valence-corrected chi connectivity index (χ3v) is 5.29. The molecule has 1 fully saturated rings. The summed E-state index contributed by atoms with van der Waals surface area (Å²) in [5, 5.41) is 23.3. The first-order valence-corrected chi connectivity index (χ1v) is 9.84. The van der Waals surface area contributed by atoms with Crippen LogP contribution in [0.4, 0.5) is 30.2 Å². The standard InChI is InChI=1S/C19H18ClF3N4O5/c20-14-3-1-2-4-17(14)32-10-9-24-5-7-25(8-6-24)18-15(26(28)29)11-13(19(21,22)23)12-16(18)27(30)31/h1-4,11-12H,5-10H2. The molecule has 1 aliphatic heterocycles. The van der Waals surface area contributed by atoms with E-state index in [1.165, 1.54) is 4.90 Å². The number of alkyl halides is 3. The molecule has 0 N–H and O–H groups in total. The van der Waals surface area contributed by atoms with Crippen LogP contribution in [0.5, 0.6) is 5.75 Å². The second-order valence-corrected chi connectivity index (χ2v) is 7.39. The summed E-state index contributed by atoms with van der Waals surface area (Å²) in [6.07, 6.45) is -4.95. The maximum Gasteiger partial charge on any atom is 0.416 e. The van der Waals surface area contributed by atoms with Crippen molar-refractivity contribution in [1.29, 1.82) is 0 Å². The molecular weight excluding hydrogens is 457 g/mol. The number of rotatable bonds is 7. The Hall–Kier alpha value is -3.12. The molecule has 1 aliphatic rings. The molecule has 0 saturated carbocycles. The Morgan fingerprint density at radius 1 is 1.00 bits per heavy atom. The van der Waals surface area contributed by atoms with E-state index in [1.807, 2.05) is 4.90 Å². The molecule has 172 valence electrons. The molecule has 13 heteroatoms. The summed E-state index contributed by atoms with van der Waals surface area (Å²) in [5.74, 6) is 0.531. The molecule has 0 aliphatic carbocycles. The van der Waals surface area contributed by atoms with Crippen molar-refractivity contribution in [2.45, 2.75) is 6.18 Å². The fourth-order valence-corrected chi connectivity index (χ4v) is 3.60. The van der Waals surface area contributed by atoms with Crippen LogP contribution in [0.3, 0.4) is 0 Å². The van der Waals surface area contributed by atoms with Crippen molar-refractivity contribution < 1.29 is 27.8 Å². The number of ether oxygens (including phenoxy) is 1. The largest absolute Gasteiger partial charge is 0.491 e. The minimum atomic E-state index is -4.95. The van der Waals surface area contributed by atoms with Gasteiger partial charge in [-0.2, -0.15) is 13.2 Å². The predicted molar refractivity (Wildman–Crippen MR) is 110 cm³/mol. The van der Waals surface area contributed by atoms with Gasteiger partial charge in [-0.1, -0.05) is 23.7 Å². The van der Waals surface area contributed by atoms with Gasteiger partial charge in [0.1, 0.15) is 12.4 Å². The number of para-hydroxylation sites is 1. The number of halogens is 4. The lowest BCUT2D eigenvalue weighted by Gasteiger charge is -2.35. The molecular formula is C19H18ClF3N4O5. The van der Waals surface area contributed by atoms with Crippen molar-refractivity contribution in [3.8, 4) is 5.75 Å². The van der Waals surface area contributed by atoms with Crippen LogP contribution >= 0.6 is 11.6 Å². The average Bonchev–Trinajstić information content (AvgIpc) is 2.74. The minimum absolute atomic E-state index is 0.166. The first kappa shape index (κ1) is 23.5. The number of hydrogen-bond acceptors (Lipinski definition) is 7. The third kappa shape index (κ3) is 5.37. The Labute approximate surface area is 185 Å². The lowest BCUT2D eigenvalue weighted by molar-refractivity contribution is -0.393. The van der Waals surface area contributed by atoms with Gasteiger partial charge in [-0.05, 0) is 12.1 Å². The number of nitro benzene ring substituents is 2. The van der Waals surface area contributed by atoms with Crippen molar-refractivity contribution in [2.24, 2.45) is 0 Å². The molecule has 32 heavy (non-hydrogen) atoms. The van der Waals surface area contributed by atoms with Crippen molar-refractivity contribution in [3.05, 3.63) is 67.2 Å². The predicted octanol–water partition coefficient (Wildman–Crippen LogP) is 4.38. The number of benzene rings is 2. The lowest BCUT2D eigenvalue weighted by atomic mass is 10.1. The summed E-state index contributed by atoms with van der Waals surface area (Å²) in [5.41, 5.74) is -3.74. The Balaban J connectivity index is 1.72. The molecule has 0 spiro atoms. The fourth-order valence-electron chi connectivity index (χ4n) is 3.41. The molecule has 3 rings (SSSR count). The van der Waals surface area contributed by atoms with E-state index in [9.17, 15) is 33.4 Å². The summed E-state index contributed by atoms with van der Waals surface area (Å²) in [6.45, 7) is 1.95. The molecule has 1 heterocycles. The molecule has 0 unspecified atom stereocenters. The first-order valence-electron chi connectivity index (χ1n) is 9.46. The molecule has 0 bridgehead atoms. The van der Waals surface area contributed by atoms with Crippen molar-refractivity contribution >= 4 is 28.7 Å². The van der Waals surface area contributed by atoms with E-state index in [1.54, 1.807) is 24.3 Å². The number of hydrogen-bond donors (Lipinski definition) is 0. The zero-order valence-corrected chi connectivity index (χ0v) is 17.3. The molecule has 9 nitrogen and oxygen atoms in total. The normalized spacial score (nSPS) is 14.9. The Kier molecular flexibility index (Phi) is 7.04. The third-order valence-electron chi connectivity index (χ3n) is 4.98. The van der Waals surface area contributed by atoms with E-state index >= 15 is 0 Å². The Bertz CT molecular complexity index is 978. The van der Waals surface area contributed by atoms with Crippen LogP contribution in [0, 0.1) is 20.2 Å². The van der Waals surface area contributed by atoms with E-state index in [0.717, 1.165) is 0 Å². The van der Waals surface area contributed by atoms with Gasteiger partial charge < -0.3 is 9.64 Å².